The highest BCUT2D eigenvalue weighted by atomic mass is 32.2. The van der Waals surface area contributed by atoms with Crippen molar-refractivity contribution in [3.63, 3.8) is 0 Å². The summed E-state index contributed by atoms with van der Waals surface area (Å²) in [5.74, 6) is -0.308. The van der Waals surface area contributed by atoms with Crippen molar-refractivity contribution in [2.75, 3.05) is 11.9 Å². The molecule has 1 N–H and O–H groups in total. The van der Waals surface area contributed by atoms with Crippen LogP contribution < -0.4 is 5.32 Å². The van der Waals surface area contributed by atoms with Crippen molar-refractivity contribution in [3.05, 3.63) is 66.2 Å². The van der Waals surface area contributed by atoms with E-state index in [0.717, 1.165) is 47.4 Å². The number of rotatable bonds is 5. The predicted molar refractivity (Wildman–Crippen MR) is 140 cm³/mol. The van der Waals surface area contributed by atoms with Crippen LogP contribution in [-0.2, 0) is 10.0 Å². The molecule has 178 valence electrons. The summed E-state index contributed by atoms with van der Waals surface area (Å²) in [6.45, 7) is 2.58. The smallest absolute Gasteiger partial charge is 0.257 e. The van der Waals surface area contributed by atoms with Crippen LogP contribution in [0.3, 0.4) is 0 Å². The van der Waals surface area contributed by atoms with E-state index >= 15 is 0 Å². The van der Waals surface area contributed by atoms with Gasteiger partial charge in [0.1, 0.15) is 0 Å². The normalized spacial score (nSPS) is 17.5. The molecule has 6 nitrogen and oxygen atoms in total. The first kappa shape index (κ1) is 22.4. The van der Waals surface area contributed by atoms with E-state index in [4.69, 9.17) is 4.98 Å². The van der Waals surface area contributed by atoms with E-state index in [9.17, 15) is 13.2 Å². The van der Waals surface area contributed by atoms with Crippen LogP contribution in [0.5, 0.6) is 0 Å². The van der Waals surface area contributed by atoms with Gasteiger partial charge in [0.05, 0.1) is 15.5 Å². The van der Waals surface area contributed by atoms with Gasteiger partial charge in [-0.05, 0) is 54.3 Å². The van der Waals surface area contributed by atoms with Crippen molar-refractivity contribution in [1.82, 2.24) is 9.29 Å². The van der Waals surface area contributed by atoms with Crippen LogP contribution in [-0.4, -0.2) is 36.2 Å². The molecule has 6 rings (SSSR count). The molecule has 1 aliphatic carbocycles. The summed E-state index contributed by atoms with van der Waals surface area (Å²) < 4.78 is 28.0. The van der Waals surface area contributed by atoms with Crippen molar-refractivity contribution < 1.29 is 13.2 Å². The lowest BCUT2D eigenvalue weighted by molar-refractivity contribution is 0.102. The zero-order valence-electron chi connectivity index (χ0n) is 19.3. The molecule has 0 spiro atoms. The fourth-order valence-electron chi connectivity index (χ4n) is 5.25. The summed E-state index contributed by atoms with van der Waals surface area (Å²) in [6, 6.07) is 18.7. The summed E-state index contributed by atoms with van der Waals surface area (Å²) in [5.41, 5.74) is 3.52. The van der Waals surface area contributed by atoms with Crippen molar-refractivity contribution >= 4 is 43.2 Å². The van der Waals surface area contributed by atoms with Gasteiger partial charge in [0, 0.05) is 29.3 Å². The number of thiazole rings is 1. The number of anilines is 1. The molecule has 1 saturated heterocycles. The Bertz CT molecular complexity index is 1500. The van der Waals surface area contributed by atoms with Gasteiger partial charge in [0.2, 0.25) is 10.0 Å². The van der Waals surface area contributed by atoms with Gasteiger partial charge in [-0.1, -0.05) is 61.1 Å². The molecule has 35 heavy (non-hydrogen) atoms. The second kappa shape index (κ2) is 8.55. The van der Waals surface area contributed by atoms with E-state index in [0.29, 0.717) is 17.2 Å². The number of benzene rings is 3. The molecule has 0 radical (unpaired) electrons. The number of piperidine rings is 1. The Labute approximate surface area is 208 Å². The second-order valence-corrected chi connectivity index (χ2v) is 11.9. The molecule has 2 aliphatic rings. The van der Waals surface area contributed by atoms with Gasteiger partial charge >= 0.3 is 0 Å². The molecule has 0 saturated carbocycles. The van der Waals surface area contributed by atoms with E-state index in [1.807, 2.05) is 19.1 Å². The molecule has 1 amide bonds. The maximum atomic E-state index is 13.2. The third kappa shape index (κ3) is 3.67. The van der Waals surface area contributed by atoms with Gasteiger partial charge in [0.15, 0.2) is 5.13 Å². The number of fused-ring (bicyclic) bond motifs is 3. The van der Waals surface area contributed by atoms with Crippen LogP contribution in [0.25, 0.3) is 32.5 Å². The summed E-state index contributed by atoms with van der Waals surface area (Å²) in [5, 5.41) is 5.81. The van der Waals surface area contributed by atoms with Crippen molar-refractivity contribution in [2.45, 2.75) is 43.5 Å². The summed E-state index contributed by atoms with van der Waals surface area (Å²) >= 11 is 1.46. The minimum atomic E-state index is -3.58. The Hall–Kier alpha value is -3.07. The predicted octanol–water partition coefficient (Wildman–Crippen LogP) is 6.15. The van der Waals surface area contributed by atoms with Crippen molar-refractivity contribution in [2.24, 2.45) is 0 Å². The molecule has 3 aromatic carbocycles. The van der Waals surface area contributed by atoms with Crippen LogP contribution >= 0.6 is 11.3 Å². The highest BCUT2D eigenvalue weighted by Crippen LogP contribution is 2.50. The lowest BCUT2D eigenvalue weighted by Gasteiger charge is -2.34. The minimum absolute atomic E-state index is 0.0413. The highest BCUT2D eigenvalue weighted by Gasteiger charge is 2.32. The first-order chi connectivity index (χ1) is 17.0. The average Bonchev–Trinajstić information content (AvgIpc) is 3.43. The minimum Gasteiger partial charge on any atom is -0.298 e. The third-order valence-electron chi connectivity index (χ3n) is 7.02. The SMILES string of the molecule is CC[C@H]1CCCCN1S(=O)(=O)c1ccc(C(=O)Nc2nc3c(s2)-c2cccc4cccc-3c24)cc1. The number of aromatic nitrogens is 1. The number of carbonyl (C=O) groups is 1. The Kier molecular flexibility index (Phi) is 5.47. The van der Waals surface area contributed by atoms with Crippen LogP contribution in [0.4, 0.5) is 5.13 Å². The molecule has 8 heteroatoms. The molecule has 0 unspecified atom stereocenters. The Morgan fingerprint density at radius 1 is 1.06 bits per heavy atom. The first-order valence-corrected chi connectivity index (χ1v) is 14.2. The average molecular weight is 504 g/mol. The molecule has 1 aliphatic heterocycles. The van der Waals surface area contributed by atoms with Gasteiger partial charge in [0.25, 0.3) is 5.91 Å². The van der Waals surface area contributed by atoms with Gasteiger partial charge in [-0.2, -0.15) is 4.31 Å². The highest BCUT2D eigenvalue weighted by molar-refractivity contribution is 7.89. The molecule has 1 atom stereocenters. The van der Waals surface area contributed by atoms with Gasteiger partial charge in [-0.25, -0.2) is 13.4 Å². The summed E-state index contributed by atoms with van der Waals surface area (Å²) in [4.78, 5) is 18.9. The number of sulfonamides is 1. The number of amides is 1. The van der Waals surface area contributed by atoms with Crippen LogP contribution in [0.2, 0.25) is 0 Å². The van der Waals surface area contributed by atoms with E-state index < -0.39 is 10.0 Å². The second-order valence-electron chi connectivity index (χ2n) is 9.06. The Morgan fingerprint density at radius 3 is 2.54 bits per heavy atom. The zero-order valence-corrected chi connectivity index (χ0v) is 21.0. The molecular formula is C27H25N3O3S2. The lowest BCUT2D eigenvalue weighted by Crippen LogP contribution is -2.43. The van der Waals surface area contributed by atoms with E-state index in [2.05, 4.69) is 29.6 Å². The maximum absolute atomic E-state index is 13.2. The topological polar surface area (TPSA) is 79.4 Å². The van der Waals surface area contributed by atoms with Crippen molar-refractivity contribution in [3.8, 4) is 21.7 Å². The van der Waals surface area contributed by atoms with E-state index in [1.54, 1.807) is 16.4 Å². The first-order valence-electron chi connectivity index (χ1n) is 11.9. The summed E-state index contributed by atoms with van der Waals surface area (Å²) in [7, 11) is -3.58. The van der Waals surface area contributed by atoms with E-state index in [1.165, 1.54) is 34.2 Å². The quantitative estimate of drug-likeness (QED) is 0.312. The largest absolute Gasteiger partial charge is 0.298 e. The van der Waals surface area contributed by atoms with Crippen LogP contribution in [0.15, 0.2) is 65.6 Å². The number of hydrogen-bond acceptors (Lipinski definition) is 5. The Balaban J connectivity index is 1.22. The fourth-order valence-corrected chi connectivity index (χ4v) is 8.02. The number of hydrogen-bond donors (Lipinski definition) is 1. The third-order valence-corrected chi connectivity index (χ3v) is 9.99. The molecule has 1 fully saturated rings. The fraction of sp³-hybridized carbons (Fsp3) is 0.259. The van der Waals surface area contributed by atoms with Gasteiger partial charge < -0.3 is 0 Å². The van der Waals surface area contributed by atoms with Crippen LogP contribution in [0.1, 0.15) is 43.0 Å². The Morgan fingerprint density at radius 2 is 1.80 bits per heavy atom. The molecule has 0 bridgehead atoms. The summed E-state index contributed by atoms with van der Waals surface area (Å²) in [6.07, 6.45) is 3.64. The molecule has 2 heterocycles. The monoisotopic (exact) mass is 503 g/mol. The van der Waals surface area contributed by atoms with Gasteiger partial charge in [-0.15, -0.1) is 0 Å². The molecular weight excluding hydrogens is 478 g/mol. The molecule has 4 aromatic rings. The number of carbonyl (C=O) groups excluding carboxylic acids is 1. The zero-order chi connectivity index (χ0) is 24.2. The van der Waals surface area contributed by atoms with Gasteiger partial charge in [-0.3, -0.25) is 10.1 Å². The number of nitrogens with one attached hydrogen (secondary N) is 1. The van der Waals surface area contributed by atoms with Crippen molar-refractivity contribution in [1.29, 1.82) is 0 Å². The van der Waals surface area contributed by atoms with E-state index in [-0.39, 0.29) is 16.8 Å². The molecule has 1 aromatic heterocycles. The van der Waals surface area contributed by atoms with Crippen LogP contribution in [0, 0.1) is 0 Å². The standard InChI is InChI=1S/C27H25N3O3S2/c1-2-19-9-3-4-16-30(19)35(32,33)20-14-12-18(13-15-20)26(31)29-27-28-24-21-10-5-7-17-8-6-11-22(23(17)21)25(24)34-27/h5-8,10-15,19H,2-4,9,16H2,1H3,(H,28,29,31)/t19-/m0/s1. The number of nitrogens with zero attached hydrogens (tertiary/aromatic N) is 2. The lowest BCUT2D eigenvalue weighted by atomic mass is 10.0. The maximum Gasteiger partial charge on any atom is 0.257 e.